The third-order valence-corrected chi connectivity index (χ3v) is 4.75. The summed E-state index contributed by atoms with van der Waals surface area (Å²) in [6, 6.07) is 2.22. The molecule has 1 unspecified atom stereocenters. The minimum Gasteiger partial charge on any atom is -0.461 e. The van der Waals surface area contributed by atoms with Gasteiger partial charge in [0.1, 0.15) is 0 Å². The van der Waals surface area contributed by atoms with Crippen LogP contribution in [-0.4, -0.2) is 35.6 Å². The van der Waals surface area contributed by atoms with Crippen LogP contribution in [0.25, 0.3) is 0 Å². The van der Waals surface area contributed by atoms with Gasteiger partial charge in [0.05, 0.1) is 19.3 Å². The Kier molecular flexibility index (Phi) is 5.13. The van der Waals surface area contributed by atoms with Gasteiger partial charge in [0.25, 0.3) is 0 Å². The van der Waals surface area contributed by atoms with Crippen molar-refractivity contribution in [2.45, 2.75) is 63.8 Å². The predicted octanol–water partition coefficient (Wildman–Crippen LogP) is 3.46. The molecule has 0 spiro atoms. The van der Waals surface area contributed by atoms with Gasteiger partial charge in [-0.05, 0) is 38.7 Å². The third-order valence-electron chi connectivity index (χ3n) is 4.75. The first-order chi connectivity index (χ1) is 10.8. The zero-order valence-electron chi connectivity index (χ0n) is 13.4. The van der Waals surface area contributed by atoms with E-state index in [9.17, 15) is 4.79 Å². The van der Waals surface area contributed by atoms with Gasteiger partial charge in [0.2, 0.25) is 0 Å². The lowest BCUT2D eigenvalue weighted by atomic mass is 9.86. The molecule has 0 radical (unpaired) electrons. The van der Waals surface area contributed by atoms with Crippen LogP contribution in [0, 0.1) is 0 Å². The normalized spacial score (nSPS) is 23.4. The lowest BCUT2D eigenvalue weighted by Crippen LogP contribution is -2.25. The fourth-order valence-corrected chi connectivity index (χ4v) is 3.63. The Morgan fingerprint density at radius 1 is 1.32 bits per heavy atom. The van der Waals surface area contributed by atoms with Gasteiger partial charge in [-0.1, -0.05) is 19.3 Å². The maximum Gasteiger partial charge on any atom is 0.358 e. The highest BCUT2D eigenvalue weighted by Gasteiger charge is 2.27. The molecule has 1 aromatic heterocycles. The van der Waals surface area contributed by atoms with Crippen molar-refractivity contribution in [1.82, 2.24) is 9.78 Å². The zero-order chi connectivity index (χ0) is 15.4. The van der Waals surface area contributed by atoms with Crippen LogP contribution in [0.15, 0.2) is 6.07 Å². The topological polar surface area (TPSA) is 53.4 Å². The molecule has 1 aliphatic carbocycles. The lowest BCUT2D eigenvalue weighted by Gasteiger charge is -2.28. The summed E-state index contributed by atoms with van der Waals surface area (Å²) in [5.41, 5.74) is 1.66. The molecule has 1 atom stereocenters. The Balaban J connectivity index is 1.88. The molecule has 3 rings (SSSR count). The van der Waals surface area contributed by atoms with Gasteiger partial charge in [-0.15, -0.1) is 0 Å². The average Bonchev–Trinajstić information content (AvgIpc) is 3.02. The van der Waals surface area contributed by atoms with Gasteiger partial charge in [-0.3, -0.25) is 4.68 Å². The van der Waals surface area contributed by atoms with Gasteiger partial charge < -0.3 is 9.47 Å². The Hall–Kier alpha value is -1.36. The summed E-state index contributed by atoms with van der Waals surface area (Å²) in [7, 11) is 0. The molecule has 0 bridgehead atoms. The summed E-state index contributed by atoms with van der Waals surface area (Å²) in [4.78, 5) is 12.0. The van der Waals surface area contributed by atoms with Crippen molar-refractivity contribution in [3.05, 3.63) is 17.5 Å². The van der Waals surface area contributed by atoms with Crippen LogP contribution < -0.4 is 0 Å². The zero-order valence-corrected chi connectivity index (χ0v) is 13.4. The maximum atomic E-state index is 12.0. The van der Waals surface area contributed by atoms with Crippen LogP contribution >= 0.6 is 0 Å². The van der Waals surface area contributed by atoms with Gasteiger partial charge >= 0.3 is 5.97 Å². The van der Waals surface area contributed by atoms with Crippen LogP contribution in [0.4, 0.5) is 0 Å². The van der Waals surface area contributed by atoms with Crippen LogP contribution in [0.2, 0.25) is 0 Å². The van der Waals surface area contributed by atoms with Crippen molar-refractivity contribution < 1.29 is 14.3 Å². The molecule has 1 saturated heterocycles. The largest absolute Gasteiger partial charge is 0.461 e. The van der Waals surface area contributed by atoms with Crippen LogP contribution in [0.3, 0.4) is 0 Å². The third kappa shape index (κ3) is 3.35. The van der Waals surface area contributed by atoms with Gasteiger partial charge in [-0.2, -0.15) is 5.10 Å². The first-order valence-electron chi connectivity index (χ1n) is 8.64. The number of hydrogen-bond donors (Lipinski definition) is 0. The Labute approximate surface area is 132 Å². The number of esters is 1. The number of aromatic nitrogens is 2. The van der Waals surface area contributed by atoms with E-state index in [-0.39, 0.29) is 12.0 Å². The van der Waals surface area contributed by atoms with Gasteiger partial charge in [-0.25, -0.2) is 4.79 Å². The summed E-state index contributed by atoms with van der Waals surface area (Å²) in [6.45, 7) is 3.74. The van der Waals surface area contributed by atoms with Crippen molar-refractivity contribution in [1.29, 1.82) is 0 Å². The summed E-state index contributed by atoms with van der Waals surface area (Å²) >= 11 is 0. The summed E-state index contributed by atoms with van der Waals surface area (Å²) in [6.07, 6.45) is 8.38. The number of hydrogen-bond acceptors (Lipinski definition) is 4. The van der Waals surface area contributed by atoms with Gasteiger partial charge in [0, 0.05) is 18.2 Å². The fraction of sp³-hybridized carbons (Fsp3) is 0.765. The van der Waals surface area contributed by atoms with Crippen molar-refractivity contribution in [3.8, 4) is 0 Å². The minimum atomic E-state index is -0.310. The number of carbonyl (C=O) groups excluding carboxylic acids is 1. The second-order valence-electron chi connectivity index (χ2n) is 6.33. The van der Waals surface area contributed by atoms with E-state index in [1.807, 2.05) is 13.0 Å². The number of carbonyl (C=O) groups is 1. The van der Waals surface area contributed by atoms with E-state index in [0.717, 1.165) is 19.4 Å². The van der Waals surface area contributed by atoms with E-state index in [4.69, 9.17) is 9.47 Å². The highest BCUT2D eigenvalue weighted by Crippen LogP contribution is 2.35. The molecule has 2 fully saturated rings. The van der Waals surface area contributed by atoms with Crippen molar-refractivity contribution in [2.24, 2.45) is 0 Å². The van der Waals surface area contributed by atoms with E-state index >= 15 is 0 Å². The smallest absolute Gasteiger partial charge is 0.358 e. The first kappa shape index (κ1) is 15.5. The average molecular weight is 306 g/mol. The first-order valence-corrected chi connectivity index (χ1v) is 8.64. The molecule has 1 saturated carbocycles. The molecule has 0 amide bonds. The standard InChI is InChI=1S/C17H26N2O3/c1-2-22-17(20)15-11-16(13-7-4-3-5-8-13)19(18-15)14-9-6-10-21-12-14/h11,13-14H,2-10,12H2,1H3. The van der Waals surface area contributed by atoms with Crippen LogP contribution in [0.5, 0.6) is 0 Å². The number of rotatable bonds is 4. The van der Waals surface area contributed by atoms with Gasteiger partial charge in [0.15, 0.2) is 5.69 Å². The molecule has 0 N–H and O–H groups in total. The lowest BCUT2D eigenvalue weighted by molar-refractivity contribution is 0.0487. The summed E-state index contributed by atoms with van der Waals surface area (Å²) in [5, 5.41) is 4.59. The molecule has 0 aromatic carbocycles. The molecule has 1 aromatic rings. The molecule has 22 heavy (non-hydrogen) atoms. The molecule has 1 aliphatic heterocycles. The monoisotopic (exact) mass is 306 g/mol. The van der Waals surface area contributed by atoms with E-state index in [0.29, 0.717) is 24.8 Å². The Bertz CT molecular complexity index is 465. The molecule has 122 valence electrons. The Morgan fingerprint density at radius 2 is 2.14 bits per heavy atom. The molecule has 2 heterocycles. The molecular weight excluding hydrogens is 280 g/mol. The second-order valence-corrected chi connectivity index (χ2v) is 6.33. The van der Waals surface area contributed by atoms with E-state index < -0.39 is 0 Å². The second kappa shape index (κ2) is 7.27. The predicted molar refractivity (Wildman–Crippen MR) is 83.1 cm³/mol. The Morgan fingerprint density at radius 3 is 2.82 bits per heavy atom. The maximum absolute atomic E-state index is 12.0. The number of ether oxygens (including phenoxy) is 2. The van der Waals surface area contributed by atoms with Crippen molar-refractivity contribution in [2.75, 3.05) is 19.8 Å². The number of nitrogens with zero attached hydrogens (tertiary/aromatic N) is 2. The van der Waals surface area contributed by atoms with E-state index in [2.05, 4.69) is 9.78 Å². The minimum absolute atomic E-state index is 0.258. The van der Waals surface area contributed by atoms with E-state index in [1.54, 1.807) is 0 Å². The van der Waals surface area contributed by atoms with E-state index in [1.165, 1.54) is 37.8 Å². The quantitative estimate of drug-likeness (QED) is 0.799. The highest BCUT2D eigenvalue weighted by molar-refractivity contribution is 5.87. The summed E-state index contributed by atoms with van der Waals surface area (Å²) < 4.78 is 12.8. The fourth-order valence-electron chi connectivity index (χ4n) is 3.63. The van der Waals surface area contributed by atoms with Crippen LogP contribution in [-0.2, 0) is 9.47 Å². The SMILES string of the molecule is CCOC(=O)c1cc(C2CCCCC2)n(C2CCCOC2)n1. The van der Waals surface area contributed by atoms with Crippen LogP contribution in [0.1, 0.15) is 80.0 Å². The molecular formula is C17H26N2O3. The molecule has 5 nitrogen and oxygen atoms in total. The summed E-state index contributed by atoms with van der Waals surface area (Å²) in [5.74, 6) is 0.210. The van der Waals surface area contributed by atoms with Crippen molar-refractivity contribution >= 4 is 5.97 Å². The van der Waals surface area contributed by atoms with Crippen molar-refractivity contribution in [3.63, 3.8) is 0 Å². The highest BCUT2D eigenvalue weighted by atomic mass is 16.5. The molecule has 2 aliphatic rings. The molecule has 5 heteroatoms.